The van der Waals surface area contributed by atoms with Gasteiger partial charge in [-0.15, -0.1) is 0 Å². The highest BCUT2D eigenvalue weighted by atomic mass is 19.4. The van der Waals surface area contributed by atoms with Crippen LogP contribution in [-0.4, -0.2) is 26.4 Å². The highest BCUT2D eigenvalue weighted by Crippen LogP contribution is 2.33. The van der Waals surface area contributed by atoms with Crippen molar-refractivity contribution in [1.29, 1.82) is 0 Å². The molecule has 0 unspecified atom stereocenters. The van der Waals surface area contributed by atoms with Gasteiger partial charge < -0.3 is 9.97 Å². The topological polar surface area (TPSA) is 64.8 Å². The summed E-state index contributed by atoms with van der Waals surface area (Å²) in [6.07, 6.45) is -3.87. The number of aromatic nitrogens is 3. The van der Waals surface area contributed by atoms with E-state index < -0.39 is 11.7 Å². The van der Waals surface area contributed by atoms with Crippen LogP contribution in [0.15, 0.2) is 83.7 Å². The molecule has 186 valence electrons. The van der Waals surface area contributed by atoms with Gasteiger partial charge in [-0.25, -0.2) is 4.98 Å². The minimum absolute atomic E-state index is 0.239. The van der Waals surface area contributed by atoms with E-state index in [1.807, 2.05) is 30.3 Å². The van der Waals surface area contributed by atoms with Gasteiger partial charge in [0.2, 0.25) is 0 Å². The smallest absolute Gasteiger partial charge is 0.354 e. The molecular formula is C29H23F3N4O. The molecule has 5 nitrogen and oxygen atoms in total. The molecule has 0 radical (unpaired) electrons. The Morgan fingerprint density at radius 2 is 1.59 bits per heavy atom. The molecule has 37 heavy (non-hydrogen) atoms. The van der Waals surface area contributed by atoms with Crippen LogP contribution >= 0.6 is 0 Å². The number of nitrogens with one attached hydrogen (secondary N) is 2. The summed E-state index contributed by atoms with van der Waals surface area (Å²) in [5, 5.41) is 1.15. The molecule has 0 spiro atoms. The average Bonchev–Trinajstić information content (AvgIpc) is 3.27. The van der Waals surface area contributed by atoms with Gasteiger partial charge in [0, 0.05) is 41.7 Å². The summed E-state index contributed by atoms with van der Waals surface area (Å²) >= 11 is 0. The van der Waals surface area contributed by atoms with Crippen LogP contribution < -0.4 is 5.56 Å². The summed E-state index contributed by atoms with van der Waals surface area (Å²) < 4.78 is 38.9. The van der Waals surface area contributed by atoms with Crippen molar-refractivity contribution < 1.29 is 13.2 Å². The average molecular weight is 501 g/mol. The Morgan fingerprint density at radius 1 is 0.865 bits per heavy atom. The number of H-pyrrole nitrogens is 2. The van der Waals surface area contributed by atoms with Crippen molar-refractivity contribution >= 4 is 10.9 Å². The van der Waals surface area contributed by atoms with E-state index in [1.54, 1.807) is 0 Å². The molecule has 0 saturated heterocycles. The van der Waals surface area contributed by atoms with Crippen molar-refractivity contribution in [2.45, 2.75) is 25.7 Å². The lowest BCUT2D eigenvalue weighted by Crippen LogP contribution is -2.35. The van der Waals surface area contributed by atoms with E-state index in [0.29, 0.717) is 42.9 Å². The highest BCUT2D eigenvalue weighted by molar-refractivity contribution is 5.90. The molecule has 5 aromatic rings. The number of hydrogen-bond acceptors (Lipinski definition) is 3. The highest BCUT2D eigenvalue weighted by Gasteiger charge is 2.30. The second kappa shape index (κ2) is 9.05. The fourth-order valence-electron chi connectivity index (χ4n) is 5.02. The molecule has 6 rings (SSSR count). The first-order valence-electron chi connectivity index (χ1n) is 12.0. The molecular weight excluding hydrogens is 477 g/mol. The molecule has 0 fully saturated rings. The summed E-state index contributed by atoms with van der Waals surface area (Å²) in [6.45, 7) is 1.84. The zero-order valence-corrected chi connectivity index (χ0v) is 19.8. The predicted molar refractivity (Wildman–Crippen MR) is 137 cm³/mol. The Hall–Kier alpha value is -4.17. The van der Waals surface area contributed by atoms with Crippen molar-refractivity contribution in [2.24, 2.45) is 0 Å². The lowest BCUT2D eigenvalue weighted by Gasteiger charge is -2.28. The van der Waals surface area contributed by atoms with Gasteiger partial charge in [0.05, 0.1) is 17.0 Å². The Morgan fingerprint density at radius 3 is 2.35 bits per heavy atom. The molecule has 3 aromatic carbocycles. The first-order chi connectivity index (χ1) is 17.9. The van der Waals surface area contributed by atoms with Crippen molar-refractivity contribution in [2.75, 3.05) is 6.54 Å². The van der Waals surface area contributed by atoms with Gasteiger partial charge in [-0.2, -0.15) is 13.2 Å². The van der Waals surface area contributed by atoms with Crippen LogP contribution in [0.2, 0.25) is 0 Å². The van der Waals surface area contributed by atoms with Gasteiger partial charge in [-0.05, 0) is 35.7 Å². The normalized spacial score (nSPS) is 14.1. The Bertz CT molecular complexity index is 1640. The third-order valence-electron chi connectivity index (χ3n) is 6.90. The number of halogens is 3. The third kappa shape index (κ3) is 4.44. The maximum Gasteiger partial charge on any atom is 0.416 e. The summed E-state index contributed by atoms with van der Waals surface area (Å²) in [5.74, 6) is 0.274. The molecule has 3 heterocycles. The van der Waals surface area contributed by atoms with Crippen LogP contribution in [0.3, 0.4) is 0 Å². The van der Waals surface area contributed by atoms with Crippen LogP contribution in [-0.2, 0) is 25.7 Å². The minimum Gasteiger partial charge on any atom is -0.354 e. The second-order valence-corrected chi connectivity index (χ2v) is 9.27. The number of nitrogens with zero attached hydrogens (tertiary/aromatic N) is 2. The monoisotopic (exact) mass is 500 g/mol. The lowest BCUT2D eigenvalue weighted by atomic mass is 10.0. The molecule has 0 aliphatic carbocycles. The van der Waals surface area contributed by atoms with E-state index in [-0.39, 0.29) is 11.4 Å². The zero-order chi connectivity index (χ0) is 25.6. The van der Waals surface area contributed by atoms with Gasteiger partial charge in [0.1, 0.15) is 5.82 Å². The number of alkyl halides is 3. The van der Waals surface area contributed by atoms with E-state index in [2.05, 4.69) is 44.1 Å². The van der Waals surface area contributed by atoms with Crippen molar-refractivity contribution in [3.8, 4) is 22.6 Å². The maximum atomic E-state index is 13.0. The van der Waals surface area contributed by atoms with Crippen LogP contribution in [0.4, 0.5) is 13.2 Å². The van der Waals surface area contributed by atoms with E-state index in [4.69, 9.17) is 0 Å². The summed E-state index contributed by atoms with van der Waals surface area (Å²) in [7, 11) is 0. The van der Waals surface area contributed by atoms with Crippen LogP contribution in [0, 0.1) is 0 Å². The minimum atomic E-state index is -4.42. The summed E-state index contributed by atoms with van der Waals surface area (Å²) in [4.78, 5) is 26.1. The van der Waals surface area contributed by atoms with Crippen LogP contribution in [0.5, 0.6) is 0 Å². The van der Waals surface area contributed by atoms with Gasteiger partial charge in [-0.3, -0.25) is 9.69 Å². The quantitative estimate of drug-likeness (QED) is 0.311. The molecule has 0 amide bonds. The molecule has 2 aromatic heterocycles. The molecule has 8 heteroatoms. The SMILES string of the molecule is O=c1[nH]c(-c2ccc(C(F)(F)F)cc2)nc2c1CCN(Cc1c(-c3ccccc3)[nH]c3ccccc13)C2. The van der Waals surface area contributed by atoms with Gasteiger partial charge >= 0.3 is 6.18 Å². The standard InChI is InChI=1S/C29H23F3N4O/c30-29(31,32)20-12-10-19(11-13-20)27-34-25-17-36(15-14-22(25)28(37)35-27)16-23-21-8-4-5-9-24(21)33-26(23)18-6-2-1-3-7-18/h1-13,33H,14-17H2,(H,34,35,37). The van der Waals surface area contributed by atoms with Crippen LogP contribution in [0.1, 0.15) is 22.4 Å². The summed E-state index contributed by atoms with van der Waals surface area (Å²) in [5.41, 5.74) is 5.16. The third-order valence-corrected chi connectivity index (χ3v) is 6.90. The number of para-hydroxylation sites is 1. The van der Waals surface area contributed by atoms with E-state index in [1.165, 1.54) is 17.7 Å². The number of aromatic amines is 2. The van der Waals surface area contributed by atoms with Crippen molar-refractivity contribution in [1.82, 2.24) is 19.9 Å². The van der Waals surface area contributed by atoms with Crippen molar-refractivity contribution in [3.05, 3.63) is 112 Å². The lowest BCUT2D eigenvalue weighted by molar-refractivity contribution is -0.137. The Labute approximate surface area is 210 Å². The molecule has 0 saturated carbocycles. The Balaban J connectivity index is 1.32. The largest absolute Gasteiger partial charge is 0.416 e. The first-order valence-corrected chi connectivity index (χ1v) is 12.0. The zero-order valence-electron chi connectivity index (χ0n) is 19.8. The van der Waals surface area contributed by atoms with Gasteiger partial charge in [0.15, 0.2) is 0 Å². The van der Waals surface area contributed by atoms with E-state index in [9.17, 15) is 18.0 Å². The fourth-order valence-corrected chi connectivity index (χ4v) is 5.02. The number of benzene rings is 3. The molecule has 0 bridgehead atoms. The number of fused-ring (bicyclic) bond motifs is 2. The fraction of sp³-hybridized carbons (Fsp3) is 0.172. The second-order valence-electron chi connectivity index (χ2n) is 9.27. The summed E-state index contributed by atoms with van der Waals surface area (Å²) in [6, 6.07) is 23.1. The molecule has 0 atom stereocenters. The molecule has 1 aliphatic heterocycles. The molecule has 1 aliphatic rings. The van der Waals surface area contributed by atoms with Gasteiger partial charge in [-0.1, -0.05) is 60.7 Å². The molecule has 2 N–H and O–H groups in total. The maximum absolute atomic E-state index is 13.0. The Kier molecular flexibility index (Phi) is 5.68. The first kappa shape index (κ1) is 23.2. The van der Waals surface area contributed by atoms with Gasteiger partial charge in [0.25, 0.3) is 5.56 Å². The predicted octanol–water partition coefficient (Wildman–Crippen LogP) is 6.16. The van der Waals surface area contributed by atoms with E-state index in [0.717, 1.165) is 34.3 Å². The number of hydrogen-bond donors (Lipinski definition) is 2. The number of rotatable bonds is 4. The van der Waals surface area contributed by atoms with E-state index >= 15 is 0 Å². The van der Waals surface area contributed by atoms with Crippen LogP contribution in [0.25, 0.3) is 33.5 Å². The van der Waals surface area contributed by atoms with Crippen molar-refractivity contribution in [3.63, 3.8) is 0 Å².